The highest BCUT2D eigenvalue weighted by atomic mass is 16.3. The van der Waals surface area contributed by atoms with E-state index in [-0.39, 0.29) is 16.2 Å². The fraction of sp³-hybridized carbons (Fsp3) is 0.207. The number of nitrogens with zero attached hydrogens (tertiary/aromatic N) is 1. The minimum absolute atomic E-state index is 0.00769. The van der Waals surface area contributed by atoms with Crippen LogP contribution < -0.4 is 4.90 Å². The van der Waals surface area contributed by atoms with Gasteiger partial charge < -0.3 is 9.32 Å². The van der Waals surface area contributed by atoms with Gasteiger partial charge in [0.05, 0.1) is 17.1 Å². The molecule has 0 aliphatic carbocycles. The highest BCUT2D eigenvalue weighted by Gasteiger charge is 2.28. The number of benzene rings is 8. The molecule has 0 atom stereocenters. The van der Waals surface area contributed by atoms with Gasteiger partial charge in [0.15, 0.2) is 5.58 Å². The largest absolute Gasteiger partial charge is 0.454 e. The van der Waals surface area contributed by atoms with Crippen molar-refractivity contribution in [3.05, 3.63) is 187 Å². The van der Waals surface area contributed by atoms with Crippen molar-refractivity contribution in [3.8, 4) is 33.4 Å². The van der Waals surface area contributed by atoms with E-state index in [0.29, 0.717) is 0 Å². The summed E-state index contributed by atoms with van der Waals surface area (Å²) in [5.74, 6) is 0. The number of para-hydroxylation sites is 3. The third kappa shape index (κ3) is 7.09. The van der Waals surface area contributed by atoms with E-state index in [1.165, 1.54) is 44.2 Å². The predicted molar refractivity (Wildman–Crippen MR) is 258 cm³/mol. The van der Waals surface area contributed by atoms with Crippen molar-refractivity contribution in [1.82, 2.24) is 0 Å². The standard InChI is InChI=1S/C58H55NO/c1-56(2,3)41-32-33-44(38-20-11-10-12-21-38)52(37-41)59(51-30-19-28-49-47-25-14-16-31-53(47)60-55(49)51)50-29-15-13-24-46(50)48-27-18-23-39-22-17-26-45(54(39)48)40-34-42(57(4,5)6)36-43(35-40)58(7,8)9/h10-37H,1-9H3. The topological polar surface area (TPSA) is 16.4 Å². The number of hydrogen-bond donors (Lipinski definition) is 0. The van der Waals surface area contributed by atoms with Crippen LogP contribution in [0.5, 0.6) is 0 Å². The van der Waals surface area contributed by atoms with Crippen molar-refractivity contribution in [2.45, 2.75) is 78.6 Å². The summed E-state index contributed by atoms with van der Waals surface area (Å²) >= 11 is 0. The highest BCUT2D eigenvalue weighted by Crippen LogP contribution is 2.50. The maximum atomic E-state index is 6.88. The van der Waals surface area contributed by atoms with Gasteiger partial charge in [-0.15, -0.1) is 0 Å². The van der Waals surface area contributed by atoms with Gasteiger partial charge in [0.25, 0.3) is 0 Å². The summed E-state index contributed by atoms with van der Waals surface area (Å²) in [6, 6.07) is 62.6. The van der Waals surface area contributed by atoms with Crippen molar-refractivity contribution in [1.29, 1.82) is 0 Å². The Balaban J connectivity index is 1.38. The van der Waals surface area contributed by atoms with Crippen LogP contribution in [-0.2, 0) is 16.2 Å². The first-order chi connectivity index (χ1) is 28.7. The normalized spacial score (nSPS) is 12.4. The Kier molecular flexibility index (Phi) is 9.59. The first kappa shape index (κ1) is 39.1. The number of anilines is 3. The Bertz CT molecular complexity index is 3000. The Labute approximate surface area is 356 Å². The average molecular weight is 782 g/mol. The molecule has 0 bridgehead atoms. The maximum absolute atomic E-state index is 6.88. The molecule has 0 fully saturated rings. The summed E-state index contributed by atoms with van der Waals surface area (Å²) in [6.45, 7) is 20.8. The van der Waals surface area contributed by atoms with Crippen molar-refractivity contribution in [2.75, 3.05) is 4.90 Å². The molecule has 9 rings (SSSR count). The fourth-order valence-electron chi connectivity index (χ4n) is 8.69. The number of rotatable bonds is 6. The molecule has 60 heavy (non-hydrogen) atoms. The highest BCUT2D eigenvalue weighted by molar-refractivity contribution is 6.13. The number of hydrogen-bond acceptors (Lipinski definition) is 2. The molecule has 1 heterocycles. The molecule has 0 amide bonds. The molecule has 0 aliphatic heterocycles. The van der Waals surface area contributed by atoms with Crippen molar-refractivity contribution in [3.63, 3.8) is 0 Å². The average Bonchev–Trinajstić information content (AvgIpc) is 3.62. The molecule has 0 saturated heterocycles. The molecule has 2 nitrogen and oxygen atoms in total. The summed E-state index contributed by atoms with van der Waals surface area (Å²) in [4.78, 5) is 2.47. The molecule has 0 aliphatic rings. The van der Waals surface area contributed by atoms with E-state index in [0.717, 1.165) is 55.7 Å². The summed E-state index contributed by atoms with van der Waals surface area (Å²) in [6.07, 6.45) is 0. The molecule has 8 aromatic carbocycles. The van der Waals surface area contributed by atoms with Gasteiger partial charge in [0.2, 0.25) is 0 Å². The van der Waals surface area contributed by atoms with E-state index in [4.69, 9.17) is 4.42 Å². The Morgan fingerprint density at radius 1 is 0.367 bits per heavy atom. The fourth-order valence-corrected chi connectivity index (χ4v) is 8.69. The molecule has 2 heteroatoms. The van der Waals surface area contributed by atoms with Crippen molar-refractivity contribution < 1.29 is 4.42 Å². The Hall–Kier alpha value is -6.38. The molecule has 0 unspecified atom stereocenters. The van der Waals surface area contributed by atoms with E-state index in [9.17, 15) is 0 Å². The van der Waals surface area contributed by atoms with Gasteiger partial charge in [-0.1, -0.05) is 208 Å². The van der Waals surface area contributed by atoms with Gasteiger partial charge in [-0.25, -0.2) is 0 Å². The molecule has 0 saturated carbocycles. The van der Waals surface area contributed by atoms with Gasteiger partial charge in [-0.3, -0.25) is 0 Å². The first-order valence-electron chi connectivity index (χ1n) is 21.3. The molecule has 1 aromatic heterocycles. The van der Waals surface area contributed by atoms with Crippen LogP contribution in [-0.4, -0.2) is 0 Å². The van der Waals surface area contributed by atoms with E-state index in [1.54, 1.807) is 0 Å². The predicted octanol–water partition coefficient (Wildman–Crippen LogP) is 17.1. The first-order valence-corrected chi connectivity index (χ1v) is 21.3. The van der Waals surface area contributed by atoms with Crippen molar-refractivity contribution >= 4 is 49.8 Å². The molecular weight excluding hydrogens is 727 g/mol. The molecule has 298 valence electrons. The summed E-state index contributed by atoms with van der Waals surface area (Å²) < 4.78 is 6.88. The monoisotopic (exact) mass is 781 g/mol. The molecule has 9 aromatic rings. The van der Waals surface area contributed by atoms with Crippen LogP contribution in [0.3, 0.4) is 0 Å². The van der Waals surface area contributed by atoms with E-state index < -0.39 is 0 Å². The lowest BCUT2D eigenvalue weighted by Crippen LogP contribution is -2.16. The second-order valence-corrected chi connectivity index (χ2v) is 19.5. The zero-order valence-corrected chi connectivity index (χ0v) is 36.5. The third-order valence-electron chi connectivity index (χ3n) is 12.1. The van der Waals surface area contributed by atoms with Crippen LogP contribution in [0.25, 0.3) is 66.1 Å². The minimum atomic E-state index is -0.0848. The Morgan fingerprint density at radius 2 is 0.933 bits per heavy atom. The second-order valence-electron chi connectivity index (χ2n) is 19.5. The van der Waals surface area contributed by atoms with E-state index in [2.05, 4.69) is 237 Å². The maximum Gasteiger partial charge on any atom is 0.159 e. The zero-order chi connectivity index (χ0) is 42.0. The van der Waals surface area contributed by atoms with Gasteiger partial charge in [0, 0.05) is 21.9 Å². The third-order valence-corrected chi connectivity index (χ3v) is 12.1. The van der Waals surface area contributed by atoms with Gasteiger partial charge in [-0.05, 0) is 90.2 Å². The van der Waals surface area contributed by atoms with Gasteiger partial charge in [-0.2, -0.15) is 0 Å². The smallest absolute Gasteiger partial charge is 0.159 e. The van der Waals surface area contributed by atoms with Gasteiger partial charge in [0.1, 0.15) is 5.58 Å². The Morgan fingerprint density at radius 3 is 1.63 bits per heavy atom. The van der Waals surface area contributed by atoms with E-state index >= 15 is 0 Å². The van der Waals surface area contributed by atoms with Crippen LogP contribution in [0.1, 0.15) is 79.0 Å². The molecule has 0 radical (unpaired) electrons. The minimum Gasteiger partial charge on any atom is -0.454 e. The SMILES string of the molecule is CC(C)(C)c1cc(-c2cccc3cccc(-c4ccccc4N(c4cc(C(C)(C)C)ccc4-c4ccccc4)c4cccc5c4oc4ccccc45)c23)cc(C(C)(C)C)c1. The second kappa shape index (κ2) is 14.7. The zero-order valence-electron chi connectivity index (χ0n) is 36.5. The van der Waals surface area contributed by atoms with Crippen LogP contribution >= 0.6 is 0 Å². The van der Waals surface area contributed by atoms with Gasteiger partial charge >= 0.3 is 0 Å². The number of furan rings is 1. The number of fused-ring (bicyclic) bond motifs is 4. The lowest BCUT2D eigenvalue weighted by atomic mass is 9.78. The summed E-state index contributed by atoms with van der Waals surface area (Å²) in [7, 11) is 0. The van der Waals surface area contributed by atoms with Crippen LogP contribution in [0.15, 0.2) is 174 Å². The van der Waals surface area contributed by atoms with Crippen LogP contribution in [0.4, 0.5) is 17.1 Å². The lowest BCUT2D eigenvalue weighted by molar-refractivity contribution is 0.569. The molecule has 0 spiro atoms. The van der Waals surface area contributed by atoms with Crippen LogP contribution in [0.2, 0.25) is 0 Å². The van der Waals surface area contributed by atoms with Crippen molar-refractivity contribution in [2.24, 2.45) is 0 Å². The summed E-state index contributed by atoms with van der Waals surface area (Å²) in [5, 5.41) is 4.66. The quantitative estimate of drug-likeness (QED) is 0.167. The lowest BCUT2D eigenvalue weighted by Gasteiger charge is -2.32. The van der Waals surface area contributed by atoms with E-state index in [1.807, 2.05) is 0 Å². The van der Waals surface area contributed by atoms with Crippen LogP contribution in [0, 0.1) is 0 Å². The molecule has 0 N–H and O–H groups in total. The summed E-state index contributed by atoms with van der Waals surface area (Å²) in [5.41, 5.74) is 15.9. The molecular formula is C58H55NO.